The topological polar surface area (TPSA) is 52.6 Å². The number of Topliss-reactive ketones (excluding diaryl/α,β-unsaturated/α-hetero) is 1. The van der Waals surface area contributed by atoms with E-state index in [1.165, 1.54) is 0 Å². The molecule has 150 valence electrons. The monoisotopic (exact) mass is 388 g/mol. The van der Waals surface area contributed by atoms with Crippen LogP contribution in [0.4, 0.5) is 11.4 Å². The summed E-state index contributed by atoms with van der Waals surface area (Å²) >= 11 is 0. The van der Waals surface area contributed by atoms with Crippen LogP contribution in [0.25, 0.3) is 5.57 Å². The van der Waals surface area contributed by atoms with Gasteiger partial charge in [-0.25, -0.2) is 0 Å². The van der Waals surface area contributed by atoms with Crippen molar-refractivity contribution in [3.8, 4) is 0 Å². The fourth-order valence-electron chi connectivity index (χ4n) is 3.76. The van der Waals surface area contributed by atoms with E-state index in [0.29, 0.717) is 5.57 Å². The molecule has 0 heterocycles. The predicted octanol–water partition coefficient (Wildman–Crippen LogP) is 4.45. The first-order valence-electron chi connectivity index (χ1n) is 9.84. The molecule has 29 heavy (non-hydrogen) atoms. The van der Waals surface area contributed by atoms with Gasteiger partial charge in [-0.1, -0.05) is 55.1 Å². The molecule has 0 aliphatic heterocycles. The zero-order valence-corrected chi connectivity index (χ0v) is 17.2. The third kappa shape index (κ3) is 3.64. The van der Waals surface area contributed by atoms with Crippen LogP contribution in [0, 0.1) is 0 Å². The Bertz CT molecular complexity index is 962. The number of anilines is 2. The average Bonchev–Trinajstić information content (AvgIpc) is 2.76. The van der Waals surface area contributed by atoms with Gasteiger partial charge in [-0.05, 0) is 43.7 Å². The Morgan fingerprint density at radius 2 is 1.86 bits per heavy atom. The quantitative estimate of drug-likeness (QED) is 0.543. The number of para-hydroxylation sites is 2. The summed E-state index contributed by atoms with van der Waals surface area (Å²) < 4.78 is 0. The van der Waals surface area contributed by atoms with Gasteiger partial charge in [-0.2, -0.15) is 0 Å². The number of allylic oxidation sites excluding steroid dienone is 4. The molecule has 0 radical (unpaired) electrons. The molecule has 4 nitrogen and oxygen atoms in total. The van der Waals surface area contributed by atoms with Gasteiger partial charge in [-0.3, -0.25) is 4.79 Å². The molecule has 1 aliphatic carbocycles. The largest absolute Gasteiger partial charge is 0.385 e. The zero-order valence-electron chi connectivity index (χ0n) is 17.2. The van der Waals surface area contributed by atoms with Crippen LogP contribution in [0.2, 0.25) is 0 Å². The summed E-state index contributed by atoms with van der Waals surface area (Å²) in [6.45, 7) is 8.42. The van der Waals surface area contributed by atoms with Gasteiger partial charge in [-0.15, -0.1) is 0 Å². The number of aliphatic hydroxyl groups is 1. The van der Waals surface area contributed by atoms with Crippen molar-refractivity contribution in [2.24, 2.45) is 0 Å². The maximum atomic E-state index is 13.2. The van der Waals surface area contributed by atoms with E-state index in [1.807, 2.05) is 79.5 Å². The molecule has 1 fully saturated rings. The lowest BCUT2D eigenvalue weighted by atomic mass is 9.67. The normalized spacial score (nSPS) is 22.9. The molecule has 2 unspecified atom stereocenters. The number of rotatable bonds is 7. The molecule has 4 heteroatoms. The summed E-state index contributed by atoms with van der Waals surface area (Å²) in [4.78, 5) is 15.0. The number of ketones is 1. The van der Waals surface area contributed by atoms with Gasteiger partial charge < -0.3 is 15.3 Å². The van der Waals surface area contributed by atoms with E-state index >= 15 is 0 Å². The number of aliphatic hydroxyl groups excluding tert-OH is 1. The first-order chi connectivity index (χ1) is 13.9. The van der Waals surface area contributed by atoms with Crippen LogP contribution in [0.1, 0.15) is 19.4 Å². The number of nitrogens with one attached hydrogen (secondary N) is 1. The minimum absolute atomic E-state index is 0.0766. The average molecular weight is 389 g/mol. The fraction of sp³-hybridized carbons (Fsp3) is 0.240. The van der Waals surface area contributed by atoms with Gasteiger partial charge in [0.1, 0.15) is 11.6 Å². The van der Waals surface area contributed by atoms with Crippen molar-refractivity contribution in [1.82, 2.24) is 0 Å². The van der Waals surface area contributed by atoms with Crippen LogP contribution < -0.4 is 10.2 Å². The van der Waals surface area contributed by atoms with Crippen LogP contribution in [-0.2, 0) is 4.79 Å². The second kappa shape index (κ2) is 8.50. The SMILES string of the molecule is C=C/C=C(/C=C1\C(=O)C(C)(N(C)c2ccccc2)C1O)c1ccccc1NCC. The van der Waals surface area contributed by atoms with Crippen LogP contribution >= 0.6 is 0 Å². The van der Waals surface area contributed by atoms with E-state index in [1.54, 1.807) is 19.1 Å². The molecule has 2 atom stereocenters. The Balaban J connectivity index is 1.95. The lowest BCUT2D eigenvalue weighted by Gasteiger charge is -2.50. The van der Waals surface area contributed by atoms with Gasteiger partial charge in [0.2, 0.25) is 0 Å². The minimum Gasteiger partial charge on any atom is -0.385 e. The van der Waals surface area contributed by atoms with Crippen molar-refractivity contribution in [3.63, 3.8) is 0 Å². The molecule has 0 amide bonds. The third-order valence-corrected chi connectivity index (χ3v) is 5.60. The number of benzene rings is 2. The lowest BCUT2D eigenvalue weighted by Crippen LogP contribution is -2.69. The van der Waals surface area contributed by atoms with Crippen molar-refractivity contribution in [1.29, 1.82) is 0 Å². The highest BCUT2D eigenvalue weighted by molar-refractivity contribution is 6.15. The predicted molar refractivity (Wildman–Crippen MR) is 121 cm³/mol. The van der Waals surface area contributed by atoms with Crippen LogP contribution in [0.3, 0.4) is 0 Å². The smallest absolute Gasteiger partial charge is 0.189 e. The van der Waals surface area contributed by atoms with Crippen LogP contribution in [-0.4, -0.2) is 36.1 Å². The van der Waals surface area contributed by atoms with Crippen LogP contribution in [0.15, 0.2) is 85.0 Å². The van der Waals surface area contributed by atoms with E-state index in [2.05, 4.69) is 11.9 Å². The van der Waals surface area contributed by atoms with E-state index in [9.17, 15) is 9.90 Å². The number of hydrogen-bond acceptors (Lipinski definition) is 4. The molecule has 0 aromatic heterocycles. The van der Waals surface area contributed by atoms with Gasteiger partial charge in [0.15, 0.2) is 5.78 Å². The van der Waals surface area contributed by atoms with Crippen molar-refractivity contribution >= 4 is 22.7 Å². The van der Waals surface area contributed by atoms with Crippen LogP contribution in [0.5, 0.6) is 0 Å². The highest BCUT2D eigenvalue weighted by atomic mass is 16.3. The number of carbonyl (C=O) groups excluding carboxylic acids is 1. The Labute approximate surface area is 172 Å². The van der Waals surface area contributed by atoms with E-state index in [4.69, 9.17) is 0 Å². The summed E-state index contributed by atoms with van der Waals surface area (Å²) in [5.74, 6) is -0.0766. The van der Waals surface area contributed by atoms with Gasteiger partial charge in [0.05, 0.1) is 0 Å². The minimum atomic E-state index is -0.992. The number of nitrogens with zero attached hydrogens (tertiary/aromatic N) is 1. The Morgan fingerprint density at radius 1 is 1.21 bits per heavy atom. The molecule has 2 aromatic rings. The summed E-state index contributed by atoms with van der Waals surface area (Å²) in [5.41, 5.74) is 3.09. The molecule has 2 N–H and O–H groups in total. The molecule has 3 rings (SSSR count). The van der Waals surface area contributed by atoms with Crippen molar-refractivity contribution < 1.29 is 9.90 Å². The molecule has 1 saturated carbocycles. The van der Waals surface area contributed by atoms with Crippen molar-refractivity contribution in [2.45, 2.75) is 25.5 Å². The maximum Gasteiger partial charge on any atom is 0.189 e. The molecule has 0 spiro atoms. The molecule has 0 saturated heterocycles. The fourth-order valence-corrected chi connectivity index (χ4v) is 3.76. The maximum absolute atomic E-state index is 13.2. The van der Waals surface area contributed by atoms with Gasteiger partial charge >= 0.3 is 0 Å². The molecule has 1 aliphatic rings. The lowest BCUT2D eigenvalue weighted by molar-refractivity contribution is -0.131. The summed E-state index contributed by atoms with van der Waals surface area (Å²) in [5, 5.41) is 14.3. The molecular weight excluding hydrogens is 360 g/mol. The summed E-state index contributed by atoms with van der Waals surface area (Å²) in [7, 11) is 1.84. The summed E-state index contributed by atoms with van der Waals surface area (Å²) in [6.07, 6.45) is 4.45. The Kier molecular flexibility index (Phi) is 6.04. The number of likely N-dealkylation sites (N-methyl/N-ethyl adjacent to an activating group) is 1. The zero-order chi connectivity index (χ0) is 21.0. The second-order valence-corrected chi connectivity index (χ2v) is 7.31. The molecule has 0 bridgehead atoms. The van der Waals surface area contributed by atoms with Gasteiger partial charge in [0.25, 0.3) is 0 Å². The third-order valence-electron chi connectivity index (χ3n) is 5.60. The standard InChI is InChI=1S/C25H28N2O2/c1-5-12-18(20-15-10-11-16-22(20)26-6-2)17-21-23(28)25(3,24(21)29)27(4)19-13-8-7-9-14-19/h5,7-17,23,26,28H,1,6H2,2-4H3/b18-12-,21-17-. The molecular formula is C25H28N2O2. The van der Waals surface area contributed by atoms with E-state index in [-0.39, 0.29) is 5.78 Å². The van der Waals surface area contributed by atoms with Gasteiger partial charge in [0, 0.05) is 36.1 Å². The second-order valence-electron chi connectivity index (χ2n) is 7.31. The van der Waals surface area contributed by atoms with E-state index in [0.717, 1.165) is 29.1 Å². The highest BCUT2D eigenvalue weighted by Crippen LogP contribution is 2.42. The number of carbonyl (C=O) groups is 1. The van der Waals surface area contributed by atoms with Crippen molar-refractivity contribution in [3.05, 3.63) is 90.5 Å². The summed E-state index contributed by atoms with van der Waals surface area (Å²) in [6, 6.07) is 17.6. The highest BCUT2D eigenvalue weighted by Gasteiger charge is 2.57. The first kappa shape index (κ1) is 20.6. The first-order valence-corrected chi connectivity index (χ1v) is 9.84. The Hall–Kier alpha value is -3.11. The Morgan fingerprint density at radius 3 is 2.48 bits per heavy atom. The van der Waals surface area contributed by atoms with Crippen molar-refractivity contribution in [2.75, 3.05) is 23.8 Å². The molecule has 2 aromatic carbocycles. The van der Waals surface area contributed by atoms with E-state index < -0.39 is 11.6 Å². The number of hydrogen-bond donors (Lipinski definition) is 2.